The number of rotatable bonds is 1. The molecule has 3 nitrogen and oxygen atoms in total. The number of carbonyl (C=O) groups is 1. The molecule has 0 saturated carbocycles. The molecule has 2 aromatic rings. The summed E-state index contributed by atoms with van der Waals surface area (Å²) in [6.45, 7) is 0. The molecule has 1 N–H and O–H groups in total. The normalized spacial score (nSPS) is 15.9. The second kappa shape index (κ2) is 4.24. The number of para-hydroxylation sites is 2. The molecule has 0 amide bonds. The summed E-state index contributed by atoms with van der Waals surface area (Å²) in [6.07, 6.45) is 0.851. The molecule has 0 aromatic heterocycles. The van der Waals surface area contributed by atoms with Crippen LogP contribution in [-0.4, -0.2) is 28.7 Å². The molecule has 2 heterocycles. The van der Waals surface area contributed by atoms with Gasteiger partial charge in [-0.2, -0.15) is 0 Å². The average Bonchev–Trinajstić information content (AvgIpc) is 3.00. The Morgan fingerprint density at radius 3 is 2.68 bits per heavy atom. The maximum absolute atomic E-state index is 12.5. The number of hydrogen-bond donors (Lipinski definition) is 1. The van der Waals surface area contributed by atoms with Gasteiger partial charge in [0.15, 0.2) is 0 Å². The topological polar surface area (TPSA) is 41.5 Å². The first-order chi connectivity index (χ1) is 9.33. The Morgan fingerprint density at radius 1 is 1.05 bits per heavy atom. The molecule has 2 aliphatic rings. The minimum absolute atomic E-state index is 0.337. The third-order valence-electron chi connectivity index (χ3n) is 3.72. The summed E-state index contributed by atoms with van der Waals surface area (Å²) in [7, 11) is 0. The van der Waals surface area contributed by atoms with E-state index in [0.717, 1.165) is 26.8 Å². The monoisotopic (exact) mass is 350 g/mol. The molecule has 90 valence electrons. The van der Waals surface area contributed by atoms with E-state index < -0.39 is 21.7 Å². The Bertz CT molecular complexity index is 724. The Morgan fingerprint density at radius 2 is 1.84 bits per heavy atom. The van der Waals surface area contributed by atoms with Gasteiger partial charge in [0, 0.05) is 0 Å². The Labute approximate surface area is 119 Å². The van der Waals surface area contributed by atoms with E-state index in [9.17, 15) is 4.79 Å². The van der Waals surface area contributed by atoms with Gasteiger partial charge in [-0.3, -0.25) is 0 Å². The fraction of sp³-hybridized carbons (Fsp3) is 0.0667. The quantitative estimate of drug-likeness (QED) is 0.859. The second-order valence-electron chi connectivity index (χ2n) is 4.90. The van der Waals surface area contributed by atoms with Gasteiger partial charge in [0.1, 0.15) is 0 Å². The van der Waals surface area contributed by atoms with Gasteiger partial charge in [-0.15, -0.1) is 0 Å². The fourth-order valence-corrected chi connectivity index (χ4v) is 9.66. The molecule has 19 heavy (non-hydrogen) atoms. The summed E-state index contributed by atoms with van der Waals surface area (Å²) in [5, 5.41) is 0. The molecule has 0 saturated heterocycles. The number of nitrogens with zero attached hydrogens (tertiary/aromatic N) is 1. The van der Waals surface area contributed by atoms with Crippen molar-refractivity contribution in [2.45, 2.75) is 6.42 Å². The van der Waals surface area contributed by atoms with Crippen molar-refractivity contribution in [1.82, 2.24) is 0 Å². The molecule has 0 unspecified atom stereocenters. The van der Waals surface area contributed by atoms with E-state index >= 15 is 0 Å². The summed E-state index contributed by atoms with van der Waals surface area (Å²) in [5.74, 6) is 0. The van der Waals surface area contributed by atoms with Crippen molar-refractivity contribution in [2.75, 3.05) is 3.30 Å². The van der Waals surface area contributed by atoms with Crippen molar-refractivity contribution in [1.29, 1.82) is 0 Å². The van der Waals surface area contributed by atoms with Crippen LogP contribution in [0.3, 0.4) is 0 Å². The van der Waals surface area contributed by atoms with Gasteiger partial charge in [0.2, 0.25) is 0 Å². The molecule has 4 rings (SSSR count). The van der Waals surface area contributed by atoms with Crippen LogP contribution in [0.2, 0.25) is 0 Å². The van der Waals surface area contributed by atoms with Crippen LogP contribution in [0.5, 0.6) is 0 Å². The van der Waals surface area contributed by atoms with E-state index in [1.54, 1.807) is 0 Å². The van der Waals surface area contributed by atoms with Gasteiger partial charge in [-0.1, -0.05) is 0 Å². The summed E-state index contributed by atoms with van der Waals surface area (Å²) >= 11 is -2.63. The molecule has 2 aliphatic heterocycles. The van der Waals surface area contributed by atoms with Gasteiger partial charge in [0.05, 0.1) is 0 Å². The molecule has 0 radical (unpaired) electrons. The van der Waals surface area contributed by atoms with Crippen molar-refractivity contribution in [3.63, 3.8) is 0 Å². The number of fused-ring (bicyclic) bond motifs is 2. The van der Waals surface area contributed by atoms with Crippen LogP contribution in [0.4, 0.5) is 11.4 Å². The third kappa shape index (κ3) is 1.74. The van der Waals surface area contributed by atoms with Crippen LogP contribution in [0.15, 0.2) is 53.5 Å². The number of nitrogens with one attached hydrogen (secondary N) is 1. The van der Waals surface area contributed by atoms with E-state index in [1.807, 2.05) is 42.5 Å². The number of carbonyl (C=O) groups excluding carboxylic acids is 1. The molecule has 4 heteroatoms. The summed E-state index contributed by atoms with van der Waals surface area (Å²) < 4.78 is 4.96. The first-order valence-corrected chi connectivity index (χ1v) is 11.3. The van der Waals surface area contributed by atoms with Crippen molar-refractivity contribution >= 4 is 40.1 Å². The molecule has 2 aromatic carbocycles. The fourth-order valence-electron chi connectivity index (χ4n) is 2.76. The molecule has 0 spiro atoms. The molecule has 0 bridgehead atoms. The van der Waals surface area contributed by atoms with Crippen LogP contribution >= 0.6 is 0 Å². The van der Waals surface area contributed by atoms with E-state index in [4.69, 9.17) is 4.99 Å². The maximum atomic E-state index is 12.5. The number of aliphatic imine (C=N–C) groups is 1. The Kier molecular flexibility index (Phi) is 2.52. The van der Waals surface area contributed by atoms with Gasteiger partial charge < -0.3 is 0 Å². The second-order valence-corrected chi connectivity index (χ2v) is 11.6. The standard InChI is InChI=1S/C8H6N.C7H5NO.In/c1-2-4-8-7(3-1)5-6-9-8;8-7-4-2-1-3-6(7)5-9;/h1-4H,5H2;1-4,8H;/q;-1;+1. The van der Waals surface area contributed by atoms with Crippen molar-refractivity contribution in [3.8, 4) is 0 Å². The SMILES string of the molecule is O=[C]1c2ccccc2[NH][In]1[C]1=Nc2ccccc2C1. The predicted octanol–water partition coefficient (Wildman–Crippen LogP) is 2.69. The van der Waals surface area contributed by atoms with Crippen LogP contribution in [0, 0.1) is 0 Å². The zero-order valence-corrected chi connectivity index (χ0v) is 13.6. The molecule has 0 aliphatic carbocycles. The van der Waals surface area contributed by atoms with Crippen molar-refractivity contribution in [2.24, 2.45) is 4.99 Å². The third-order valence-corrected chi connectivity index (χ3v) is 10.7. The number of anilines is 1. The molecular weight excluding hydrogens is 339 g/mol. The van der Waals surface area contributed by atoms with Crippen molar-refractivity contribution in [3.05, 3.63) is 59.7 Å². The predicted molar refractivity (Wildman–Crippen MR) is 77.4 cm³/mol. The summed E-state index contributed by atoms with van der Waals surface area (Å²) in [4.78, 5) is 17.2. The number of benzene rings is 2. The van der Waals surface area contributed by atoms with E-state index in [-0.39, 0.29) is 0 Å². The van der Waals surface area contributed by atoms with Gasteiger partial charge in [0.25, 0.3) is 0 Å². The van der Waals surface area contributed by atoms with Crippen LogP contribution in [0.1, 0.15) is 15.9 Å². The summed E-state index contributed by atoms with van der Waals surface area (Å²) in [5.41, 5.74) is 4.16. The number of hydrogen-bond acceptors (Lipinski definition) is 3. The van der Waals surface area contributed by atoms with E-state index in [1.165, 1.54) is 5.56 Å². The van der Waals surface area contributed by atoms with Gasteiger partial charge in [-0.05, 0) is 0 Å². The van der Waals surface area contributed by atoms with Crippen molar-refractivity contribution < 1.29 is 4.79 Å². The zero-order valence-electron chi connectivity index (χ0n) is 10.3. The Balaban J connectivity index is 1.70. The minimum atomic E-state index is -2.63. The summed E-state index contributed by atoms with van der Waals surface area (Å²) in [6, 6.07) is 16.0. The first kappa shape index (κ1) is 11.3. The molecule has 0 fully saturated rings. The van der Waals surface area contributed by atoms with Crippen LogP contribution in [-0.2, 0) is 6.42 Å². The molecular formula is C15H11InN2O. The van der Waals surface area contributed by atoms with Gasteiger partial charge in [-0.25, -0.2) is 0 Å². The average molecular weight is 350 g/mol. The van der Waals surface area contributed by atoms with Crippen LogP contribution in [0.25, 0.3) is 0 Å². The first-order valence-electron chi connectivity index (χ1n) is 6.38. The molecule has 0 atom stereocenters. The van der Waals surface area contributed by atoms with E-state index in [2.05, 4.69) is 9.37 Å². The van der Waals surface area contributed by atoms with Gasteiger partial charge >= 0.3 is 119 Å². The zero-order chi connectivity index (χ0) is 12.8. The Hall–Kier alpha value is -1.55. The van der Waals surface area contributed by atoms with E-state index in [0.29, 0.717) is 3.54 Å². The van der Waals surface area contributed by atoms with Crippen LogP contribution < -0.4 is 3.30 Å².